The van der Waals surface area contributed by atoms with Crippen LogP contribution in [0.4, 0.5) is 0 Å². The first-order valence-electron chi connectivity index (χ1n) is 9.51. The summed E-state index contributed by atoms with van der Waals surface area (Å²) < 4.78 is 0. The number of carbonyl (C=O) groups excluding carboxylic acids is 2. The molecule has 0 heterocycles. The Bertz CT molecular complexity index is 658. The van der Waals surface area contributed by atoms with Gasteiger partial charge in [0.05, 0.1) is 0 Å². The second kappa shape index (κ2) is 5.39. The molecule has 130 valence electrons. The molecular weight excluding hydrogens is 300 g/mol. The molecule has 4 aliphatic rings. The van der Waals surface area contributed by atoms with Gasteiger partial charge in [-0.1, -0.05) is 25.8 Å². The van der Waals surface area contributed by atoms with Crippen LogP contribution in [0, 0.1) is 28.6 Å². The van der Waals surface area contributed by atoms with E-state index >= 15 is 0 Å². The van der Waals surface area contributed by atoms with Gasteiger partial charge in [-0.2, -0.15) is 0 Å². The molecule has 0 aromatic carbocycles. The summed E-state index contributed by atoms with van der Waals surface area (Å²) >= 11 is 0. The summed E-state index contributed by atoms with van der Waals surface area (Å²) in [6.07, 6.45) is 11.7. The fourth-order valence-electron chi connectivity index (χ4n) is 6.78. The number of hydrogen-bond donors (Lipinski definition) is 1. The van der Waals surface area contributed by atoms with Crippen LogP contribution in [0.25, 0.3) is 0 Å². The molecule has 24 heavy (non-hydrogen) atoms. The SMILES string of the molecule is CC12CCCC1C1CCC3=CC(=O)C=C(C(=O)CO)C3(C)C1CC2. The third kappa shape index (κ3) is 2.06. The first-order valence-corrected chi connectivity index (χ1v) is 9.51. The fraction of sp³-hybridized carbons (Fsp3) is 0.714. The minimum Gasteiger partial charge on any atom is -0.388 e. The van der Waals surface area contributed by atoms with Crippen LogP contribution in [0.1, 0.15) is 58.8 Å². The molecule has 0 amide bonds. The van der Waals surface area contributed by atoms with Crippen LogP contribution in [0.3, 0.4) is 0 Å². The second-order valence-corrected chi connectivity index (χ2v) is 8.91. The van der Waals surface area contributed by atoms with Gasteiger partial charge in [0.2, 0.25) is 0 Å². The number of fused-ring (bicyclic) bond motifs is 5. The first-order chi connectivity index (χ1) is 11.4. The standard InChI is InChI=1S/C21H28O3/c1-20-8-3-4-16(20)15-6-5-13-10-14(23)11-18(19(24)12-22)21(13,2)17(15)7-9-20/h10-11,15-17,22H,3-9,12H2,1-2H3. The lowest BCUT2D eigenvalue weighted by Crippen LogP contribution is -2.51. The maximum Gasteiger partial charge on any atom is 0.185 e. The van der Waals surface area contributed by atoms with Crippen molar-refractivity contribution in [2.45, 2.75) is 58.8 Å². The van der Waals surface area contributed by atoms with Crippen molar-refractivity contribution in [3.8, 4) is 0 Å². The Kier molecular flexibility index (Phi) is 3.65. The predicted molar refractivity (Wildman–Crippen MR) is 92.3 cm³/mol. The highest BCUT2D eigenvalue weighted by Gasteiger charge is 2.57. The van der Waals surface area contributed by atoms with Gasteiger partial charge in [0.15, 0.2) is 11.6 Å². The highest BCUT2D eigenvalue weighted by Crippen LogP contribution is 2.65. The summed E-state index contributed by atoms with van der Waals surface area (Å²) in [5.74, 6) is 1.49. The molecule has 0 aromatic rings. The lowest BCUT2D eigenvalue weighted by Gasteiger charge is -2.57. The fourth-order valence-corrected chi connectivity index (χ4v) is 6.78. The van der Waals surface area contributed by atoms with Gasteiger partial charge in [-0.25, -0.2) is 0 Å². The highest BCUT2D eigenvalue weighted by atomic mass is 16.3. The zero-order valence-corrected chi connectivity index (χ0v) is 14.8. The van der Waals surface area contributed by atoms with E-state index in [1.807, 2.05) is 0 Å². The Morgan fingerprint density at radius 1 is 1.17 bits per heavy atom. The van der Waals surface area contributed by atoms with Gasteiger partial charge >= 0.3 is 0 Å². The summed E-state index contributed by atoms with van der Waals surface area (Å²) in [5, 5.41) is 9.44. The van der Waals surface area contributed by atoms with E-state index in [2.05, 4.69) is 13.8 Å². The van der Waals surface area contributed by atoms with Crippen LogP contribution in [0.15, 0.2) is 23.3 Å². The molecule has 0 radical (unpaired) electrons. The molecule has 3 fully saturated rings. The van der Waals surface area contributed by atoms with Crippen molar-refractivity contribution in [1.82, 2.24) is 0 Å². The average Bonchev–Trinajstić information content (AvgIpc) is 2.96. The average molecular weight is 328 g/mol. The van der Waals surface area contributed by atoms with Gasteiger partial charge in [0.1, 0.15) is 6.61 Å². The van der Waals surface area contributed by atoms with Crippen LogP contribution in [0.5, 0.6) is 0 Å². The molecule has 0 aliphatic heterocycles. The summed E-state index contributed by atoms with van der Waals surface area (Å²) in [4.78, 5) is 24.5. The van der Waals surface area contributed by atoms with Crippen molar-refractivity contribution in [3.05, 3.63) is 23.3 Å². The normalized spacial score (nSPS) is 44.1. The summed E-state index contributed by atoms with van der Waals surface area (Å²) in [6, 6.07) is 0. The maximum atomic E-state index is 12.4. The number of hydrogen-bond acceptors (Lipinski definition) is 3. The maximum absolute atomic E-state index is 12.4. The molecule has 5 atom stereocenters. The molecule has 4 rings (SSSR count). The van der Waals surface area contributed by atoms with Crippen molar-refractivity contribution in [3.63, 3.8) is 0 Å². The van der Waals surface area contributed by atoms with Crippen LogP contribution in [0.2, 0.25) is 0 Å². The third-order valence-corrected chi connectivity index (χ3v) is 7.98. The van der Waals surface area contributed by atoms with Gasteiger partial charge in [0, 0.05) is 11.0 Å². The van der Waals surface area contributed by atoms with E-state index in [9.17, 15) is 14.7 Å². The van der Waals surface area contributed by atoms with Crippen LogP contribution >= 0.6 is 0 Å². The Hall–Kier alpha value is -1.22. The Morgan fingerprint density at radius 2 is 1.96 bits per heavy atom. The minimum atomic E-state index is -0.499. The smallest absolute Gasteiger partial charge is 0.185 e. The molecule has 3 saturated carbocycles. The van der Waals surface area contributed by atoms with Crippen molar-refractivity contribution in [2.75, 3.05) is 6.61 Å². The van der Waals surface area contributed by atoms with E-state index in [0.29, 0.717) is 22.8 Å². The van der Waals surface area contributed by atoms with Gasteiger partial charge in [-0.15, -0.1) is 0 Å². The zero-order chi connectivity index (χ0) is 17.1. The molecule has 0 aromatic heterocycles. The molecule has 1 N–H and O–H groups in total. The second-order valence-electron chi connectivity index (χ2n) is 8.91. The lowest BCUT2D eigenvalue weighted by atomic mass is 9.46. The summed E-state index contributed by atoms with van der Waals surface area (Å²) in [5.41, 5.74) is 1.84. The monoisotopic (exact) mass is 328 g/mol. The molecule has 0 saturated heterocycles. The Balaban J connectivity index is 1.77. The number of Topliss-reactive ketones (excluding diaryl/α,β-unsaturated/α-hetero) is 1. The van der Waals surface area contributed by atoms with E-state index < -0.39 is 6.61 Å². The van der Waals surface area contributed by atoms with Crippen LogP contribution in [-0.4, -0.2) is 23.3 Å². The summed E-state index contributed by atoms with van der Waals surface area (Å²) in [6.45, 7) is 4.13. The van der Waals surface area contributed by atoms with Crippen molar-refractivity contribution < 1.29 is 14.7 Å². The molecule has 0 spiro atoms. The molecular formula is C21H28O3. The predicted octanol–water partition coefficient (Wildman–Crippen LogP) is 3.62. The quantitative estimate of drug-likeness (QED) is 0.842. The van der Waals surface area contributed by atoms with E-state index in [1.54, 1.807) is 6.08 Å². The van der Waals surface area contributed by atoms with Crippen molar-refractivity contribution >= 4 is 11.6 Å². The largest absolute Gasteiger partial charge is 0.388 e. The van der Waals surface area contributed by atoms with E-state index in [1.165, 1.54) is 31.8 Å². The number of ketones is 2. The van der Waals surface area contributed by atoms with E-state index in [0.717, 1.165) is 30.8 Å². The number of carbonyl (C=O) groups is 2. The van der Waals surface area contributed by atoms with Crippen molar-refractivity contribution in [2.24, 2.45) is 28.6 Å². The summed E-state index contributed by atoms with van der Waals surface area (Å²) in [7, 11) is 0. The number of allylic oxidation sites excluding steroid dienone is 3. The molecule has 4 aliphatic carbocycles. The molecule has 3 heteroatoms. The van der Waals surface area contributed by atoms with Gasteiger partial charge in [-0.05, 0) is 73.8 Å². The zero-order valence-electron chi connectivity index (χ0n) is 14.8. The van der Waals surface area contributed by atoms with Gasteiger partial charge < -0.3 is 5.11 Å². The highest BCUT2D eigenvalue weighted by molar-refractivity contribution is 6.10. The Morgan fingerprint density at radius 3 is 2.71 bits per heavy atom. The van der Waals surface area contributed by atoms with Crippen LogP contribution in [-0.2, 0) is 9.59 Å². The topological polar surface area (TPSA) is 54.4 Å². The minimum absolute atomic E-state index is 0.0840. The molecule has 0 bridgehead atoms. The van der Waals surface area contributed by atoms with E-state index in [-0.39, 0.29) is 17.0 Å². The first kappa shape index (κ1) is 16.3. The molecule has 5 unspecified atom stereocenters. The molecule has 3 nitrogen and oxygen atoms in total. The van der Waals surface area contributed by atoms with Crippen molar-refractivity contribution in [1.29, 1.82) is 0 Å². The number of rotatable bonds is 2. The Labute approximate surface area is 144 Å². The van der Waals surface area contributed by atoms with Crippen LogP contribution < -0.4 is 0 Å². The van der Waals surface area contributed by atoms with E-state index in [4.69, 9.17) is 0 Å². The third-order valence-electron chi connectivity index (χ3n) is 7.98. The van der Waals surface area contributed by atoms with Gasteiger partial charge in [-0.3, -0.25) is 9.59 Å². The lowest BCUT2D eigenvalue weighted by molar-refractivity contribution is -0.121. The number of aliphatic hydroxyl groups excluding tert-OH is 1. The van der Waals surface area contributed by atoms with Gasteiger partial charge in [0.25, 0.3) is 0 Å². The number of aliphatic hydroxyl groups is 1.